The number of para-hydroxylation sites is 1. The molecule has 1 aliphatic heterocycles. The Balaban J connectivity index is 1.81. The summed E-state index contributed by atoms with van der Waals surface area (Å²) >= 11 is 0. The molecular weight excluding hydrogens is 310 g/mol. The average Bonchev–Trinajstić information content (AvgIpc) is 2.62. The third-order valence-corrected chi connectivity index (χ3v) is 3.47. The standard InChI is InChI=1S/C18H17NO5/c1-2-22-18(21)13-5-3-4-6-14(13)19-17(20)12-7-8-15-16(11-12)24-10-9-23-15/h3-8,11H,2,9-10H2,1H3,(H,19,20). The minimum absolute atomic E-state index is 0.267. The summed E-state index contributed by atoms with van der Waals surface area (Å²) < 4.78 is 15.9. The van der Waals surface area contributed by atoms with Gasteiger partial charge in [0.2, 0.25) is 0 Å². The molecule has 2 aromatic rings. The number of carbonyl (C=O) groups excluding carboxylic acids is 2. The van der Waals surface area contributed by atoms with Crippen LogP contribution in [0.2, 0.25) is 0 Å². The van der Waals surface area contributed by atoms with Gasteiger partial charge in [0, 0.05) is 5.56 Å². The first kappa shape index (κ1) is 15.9. The quantitative estimate of drug-likeness (QED) is 0.874. The molecule has 6 heteroatoms. The highest BCUT2D eigenvalue weighted by molar-refractivity contribution is 6.08. The predicted molar refractivity (Wildman–Crippen MR) is 87.8 cm³/mol. The summed E-state index contributed by atoms with van der Waals surface area (Å²) in [7, 11) is 0. The molecule has 6 nitrogen and oxygen atoms in total. The molecule has 0 spiro atoms. The Morgan fingerprint density at radius 2 is 1.83 bits per heavy atom. The number of benzene rings is 2. The van der Waals surface area contributed by atoms with Gasteiger partial charge in [0.25, 0.3) is 5.91 Å². The molecule has 0 saturated carbocycles. The lowest BCUT2D eigenvalue weighted by Crippen LogP contribution is -2.18. The van der Waals surface area contributed by atoms with Crippen molar-refractivity contribution in [1.29, 1.82) is 0 Å². The molecule has 0 bridgehead atoms. The molecule has 3 rings (SSSR count). The van der Waals surface area contributed by atoms with E-state index in [2.05, 4.69) is 5.32 Å². The highest BCUT2D eigenvalue weighted by Gasteiger charge is 2.17. The third-order valence-electron chi connectivity index (χ3n) is 3.47. The molecule has 1 N–H and O–H groups in total. The number of anilines is 1. The largest absolute Gasteiger partial charge is 0.486 e. The number of carbonyl (C=O) groups is 2. The number of nitrogens with one attached hydrogen (secondary N) is 1. The SMILES string of the molecule is CCOC(=O)c1ccccc1NC(=O)c1ccc2c(c1)OCCO2. The third kappa shape index (κ3) is 3.32. The Bertz CT molecular complexity index is 772. The fraction of sp³-hybridized carbons (Fsp3) is 0.222. The lowest BCUT2D eigenvalue weighted by atomic mass is 10.1. The fourth-order valence-electron chi connectivity index (χ4n) is 2.36. The number of fused-ring (bicyclic) bond motifs is 1. The maximum atomic E-state index is 12.5. The van der Waals surface area contributed by atoms with Gasteiger partial charge >= 0.3 is 5.97 Å². The smallest absolute Gasteiger partial charge is 0.340 e. The summed E-state index contributed by atoms with van der Waals surface area (Å²) in [5.74, 6) is 0.330. The Morgan fingerprint density at radius 1 is 1.08 bits per heavy atom. The van der Waals surface area contributed by atoms with Gasteiger partial charge in [-0.05, 0) is 37.3 Å². The molecule has 0 radical (unpaired) electrons. The van der Waals surface area contributed by atoms with Gasteiger partial charge in [0.1, 0.15) is 13.2 Å². The van der Waals surface area contributed by atoms with E-state index >= 15 is 0 Å². The Kier molecular flexibility index (Phi) is 4.65. The zero-order valence-electron chi connectivity index (χ0n) is 13.2. The zero-order valence-corrected chi connectivity index (χ0v) is 13.2. The van der Waals surface area contributed by atoms with Gasteiger partial charge in [-0.15, -0.1) is 0 Å². The van der Waals surface area contributed by atoms with E-state index in [1.54, 1.807) is 49.4 Å². The topological polar surface area (TPSA) is 73.9 Å². The lowest BCUT2D eigenvalue weighted by molar-refractivity contribution is 0.0527. The second kappa shape index (κ2) is 7.04. The Labute approximate surface area is 139 Å². The van der Waals surface area contributed by atoms with Crippen LogP contribution < -0.4 is 14.8 Å². The molecule has 0 atom stereocenters. The summed E-state index contributed by atoms with van der Waals surface area (Å²) in [6.07, 6.45) is 0. The van der Waals surface area contributed by atoms with Crippen molar-refractivity contribution in [2.24, 2.45) is 0 Å². The number of hydrogen-bond acceptors (Lipinski definition) is 5. The van der Waals surface area contributed by atoms with Gasteiger partial charge in [0.15, 0.2) is 11.5 Å². The molecule has 1 heterocycles. The molecule has 0 unspecified atom stereocenters. The minimum Gasteiger partial charge on any atom is -0.486 e. The zero-order chi connectivity index (χ0) is 16.9. The minimum atomic E-state index is -0.476. The number of hydrogen-bond donors (Lipinski definition) is 1. The van der Waals surface area contributed by atoms with E-state index in [4.69, 9.17) is 14.2 Å². The number of ether oxygens (including phenoxy) is 3. The Hall–Kier alpha value is -3.02. The van der Waals surface area contributed by atoms with Gasteiger partial charge < -0.3 is 19.5 Å². The van der Waals surface area contributed by atoms with Gasteiger partial charge in [0.05, 0.1) is 17.9 Å². The van der Waals surface area contributed by atoms with E-state index in [0.29, 0.717) is 41.5 Å². The second-order valence-corrected chi connectivity index (χ2v) is 5.08. The van der Waals surface area contributed by atoms with Crippen molar-refractivity contribution in [2.45, 2.75) is 6.92 Å². The van der Waals surface area contributed by atoms with Gasteiger partial charge in [-0.2, -0.15) is 0 Å². The van der Waals surface area contributed by atoms with Gasteiger partial charge in [-0.1, -0.05) is 12.1 Å². The van der Waals surface area contributed by atoms with Crippen LogP contribution in [-0.4, -0.2) is 31.7 Å². The normalized spacial score (nSPS) is 12.4. The summed E-state index contributed by atoms with van der Waals surface area (Å²) in [5.41, 5.74) is 1.12. The van der Waals surface area contributed by atoms with Crippen LogP contribution in [0.5, 0.6) is 11.5 Å². The van der Waals surface area contributed by atoms with Crippen LogP contribution in [-0.2, 0) is 4.74 Å². The molecule has 1 amide bonds. The first-order chi connectivity index (χ1) is 11.7. The van der Waals surface area contributed by atoms with Crippen LogP contribution in [0.1, 0.15) is 27.6 Å². The molecule has 24 heavy (non-hydrogen) atoms. The van der Waals surface area contributed by atoms with Crippen LogP contribution in [0.15, 0.2) is 42.5 Å². The number of amides is 1. The van der Waals surface area contributed by atoms with E-state index in [1.165, 1.54) is 0 Å². The maximum Gasteiger partial charge on any atom is 0.340 e. The molecule has 1 aliphatic rings. The first-order valence-electron chi connectivity index (χ1n) is 7.66. The van der Waals surface area contributed by atoms with E-state index in [9.17, 15) is 9.59 Å². The van der Waals surface area contributed by atoms with E-state index < -0.39 is 5.97 Å². The maximum absolute atomic E-state index is 12.5. The summed E-state index contributed by atoms with van der Waals surface area (Å²) in [6, 6.07) is 11.7. The van der Waals surface area contributed by atoms with Crippen molar-refractivity contribution in [2.75, 3.05) is 25.1 Å². The van der Waals surface area contributed by atoms with E-state index in [1.807, 2.05) is 0 Å². The van der Waals surface area contributed by atoms with Crippen LogP contribution in [0, 0.1) is 0 Å². The van der Waals surface area contributed by atoms with E-state index in [0.717, 1.165) is 0 Å². The highest BCUT2D eigenvalue weighted by Crippen LogP contribution is 2.31. The second-order valence-electron chi connectivity index (χ2n) is 5.08. The fourth-order valence-corrected chi connectivity index (χ4v) is 2.36. The highest BCUT2D eigenvalue weighted by atomic mass is 16.6. The molecule has 0 saturated heterocycles. The lowest BCUT2D eigenvalue weighted by Gasteiger charge is -2.18. The van der Waals surface area contributed by atoms with Crippen LogP contribution in [0.25, 0.3) is 0 Å². The molecule has 0 aliphatic carbocycles. The average molecular weight is 327 g/mol. The van der Waals surface area contributed by atoms with Crippen LogP contribution >= 0.6 is 0 Å². The van der Waals surface area contributed by atoms with Gasteiger partial charge in [-0.3, -0.25) is 4.79 Å². The monoisotopic (exact) mass is 327 g/mol. The van der Waals surface area contributed by atoms with Gasteiger partial charge in [-0.25, -0.2) is 4.79 Å². The van der Waals surface area contributed by atoms with E-state index in [-0.39, 0.29) is 12.5 Å². The summed E-state index contributed by atoms with van der Waals surface area (Å²) in [6.45, 7) is 2.94. The predicted octanol–water partition coefficient (Wildman–Crippen LogP) is 2.89. The number of esters is 1. The van der Waals surface area contributed by atoms with Crippen LogP contribution in [0.4, 0.5) is 5.69 Å². The molecule has 2 aromatic carbocycles. The molecule has 124 valence electrons. The number of rotatable bonds is 4. The summed E-state index contributed by atoms with van der Waals surface area (Å²) in [5, 5.41) is 2.74. The molecular formula is C18H17NO5. The summed E-state index contributed by atoms with van der Waals surface area (Å²) in [4.78, 5) is 24.4. The van der Waals surface area contributed by atoms with Crippen molar-refractivity contribution in [3.05, 3.63) is 53.6 Å². The Morgan fingerprint density at radius 3 is 2.62 bits per heavy atom. The first-order valence-corrected chi connectivity index (χ1v) is 7.66. The van der Waals surface area contributed by atoms with Crippen molar-refractivity contribution >= 4 is 17.6 Å². The van der Waals surface area contributed by atoms with Crippen LogP contribution in [0.3, 0.4) is 0 Å². The van der Waals surface area contributed by atoms with Crippen molar-refractivity contribution in [3.8, 4) is 11.5 Å². The van der Waals surface area contributed by atoms with Crippen molar-refractivity contribution in [1.82, 2.24) is 0 Å². The molecule has 0 fully saturated rings. The van der Waals surface area contributed by atoms with Crippen molar-refractivity contribution in [3.63, 3.8) is 0 Å². The van der Waals surface area contributed by atoms with Crippen molar-refractivity contribution < 1.29 is 23.8 Å². The molecule has 0 aromatic heterocycles.